The fourth-order valence-corrected chi connectivity index (χ4v) is 5.06. The quantitative estimate of drug-likeness (QED) is 0.614. The first kappa shape index (κ1) is 21.3. The van der Waals surface area contributed by atoms with Crippen molar-refractivity contribution >= 4 is 30.6 Å². The number of ether oxygens (including phenoxy) is 1. The predicted octanol–water partition coefficient (Wildman–Crippen LogP) is 3.68. The smallest absolute Gasteiger partial charge is 0.241 e. The molecule has 3 rings (SSSR count). The van der Waals surface area contributed by atoms with Crippen LogP contribution in [-0.2, 0) is 19.9 Å². The SMILES string of the molecule is CCC(NS(=O)(=O)c1ccc2cc(OC)ccc2c1)c1ccc(S(C)(=O)=O)cc1. The highest BCUT2D eigenvalue weighted by atomic mass is 32.2. The highest BCUT2D eigenvalue weighted by Gasteiger charge is 2.21. The first-order chi connectivity index (χ1) is 13.6. The van der Waals surface area contributed by atoms with E-state index in [1.807, 2.05) is 19.1 Å². The van der Waals surface area contributed by atoms with Crippen LogP contribution in [0.4, 0.5) is 0 Å². The summed E-state index contributed by atoms with van der Waals surface area (Å²) < 4.78 is 57.0. The van der Waals surface area contributed by atoms with Gasteiger partial charge in [-0.1, -0.05) is 31.2 Å². The predicted molar refractivity (Wildman–Crippen MR) is 113 cm³/mol. The Bertz CT molecular complexity index is 1230. The summed E-state index contributed by atoms with van der Waals surface area (Å²) in [5.74, 6) is 0.704. The zero-order valence-electron chi connectivity index (χ0n) is 16.4. The van der Waals surface area contributed by atoms with Crippen molar-refractivity contribution in [2.24, 2.45) is 0 Å². The van der Waals surface area contributed by atoms with Crippen LogP contribution in [0.2, 0.25) is 0 Å². The lowest BCUT2D eigenvalue weighted by atomic mass is 10.1. The van der Waals surface area contributed by atoms with E-state index in [1.165, 1.54) is 12.1 Å². The van der Waals surface area contributed by atoms with E-state index in [0.29, 0.717) is 17.7 Å². The highest BCUT2D eigenvalue weighted by molar-refractivity contribution is 7.90. The van der Waals surface area contributed by atoms with Gasteiger partial charge in [-0.25, -0.2) is 21.6 Å². The average molecular weight is 434 g/mol. The van der Waals surface area contributed by atoms with Crippen LogP contribution < -0.4 is 9.46 Å². The molecule has 0 aliphatic rings. The molecule has 0 amide bonds. The van der Waals surface area contributed by atoms with E-state index in [-0.39, 0.29) is 9.79 Å². The first-order valence-corrected chi connectivity index (χ1v) is 12.4. The molecular formula is C21H23NO5S2. The third-order valence-corrected chi connectivity index (χ3v) is 7.34. The summed E-state index contributed by atoms with van der Waals surface area (Å²) >= 11 is 0. The average Bonchev–Trinajstić information content (AvgIpc) is 2.70. The van der Waals surface area contributed by atoms with E-state index in [0.717, 1.165) is 17.0 Å². The van der Waals surface area contributed by atoms with Gasteiger partial charge < -0.3 is 4.74 Å². The first-order valence-electron chi connectivity index (χ1n) is 9.04. The number of rotatable bonds is 7. The normalized spacial score (nSPS) is 13.3. The number of sulfonamides is 1. The van der Waals surface area contributed by atoms with Gasteiger partial charge in [0.2, 0.25) is 10.0 Å². The van der Waals surface area contributed by atoms with Crippen LogP contribution in [0.25, 0.3) is 10.8 Å². The van der Waals surface area contributed by atoms with Crippen molar-refractivity contribution in [3.05, 3.63) is 66.2 Å². The summed E-state index contributed by atoms with van der Waals surface area (Å²) in [6.07, 6.45) is 1.65. The van der Waals surface area contributed by atoms with Gasteiger partial charge in [0.25, 0.3) is 0 Å². The molecule has 0 radical (unpaired) electrons. The van der Waals surface area contributed by atoms with Crippen LogP contribution in [-0.4, -0.2) is 30.2 Å². The highest BCUT2D eigenvalue weighted by Crippen LogP contribution is 2.26. The second kappa shape index (κ2) is 8.14. The van der Waals surface area contributed by atoms with Crippen molar-refractivity contribution < 1.29 is 21.6 Å². The lowest BCUT2D eigenvalue weighted by Gasteiger charge is -2.18. The Kier molecular flexibility index (Phi) is 5.97. The second-order valence-electron chi connectivity index (χ2n) is 6.80. The standard InChI is InChI=1S/C21H23NO5S2/c1-4-21(15-6-10-19(11-7-15)28(3,23)24)22-29(25,26)20-12-8-16-13-18(27-2)9-5-17(16)14-20/h5-14,21-22H,4H2,1-3H3. The van der Waals surface area contributed by atoms with Gasteiger partial charge in [-0.05, 0) is 59.2 Å². The Morgan fingerprint density at radius 2 is 1.45 bits per heavy atom. The maximum absolute atomic E-state index is 12.9. The van der Waals surface area contributed by atoms with Crippen molar-refractivity contribution in [2.75, 3.05) is 13.4 Å². The lowest BCUT2D eigenvalue weighted by Crippen LogP contribution is -2.28. The zero-order valence-corrected chi connectivity index (χ0v) is 18.0. The molecule has 6 nitrogen and oxygen atoms in total. The minimum Gasteiger partial charge on any atom is -0.497 e. The monoisotopic (exact) mass is 433 g/mol. The van der Waals surface area contributed by atoms with Crippen LogP contribution >= 0.6 is 0 Å². The molecule has 0 saturated carbocycles. The fourth-order valence-electron chi connectivity index (χ4n) is 3.09. The molecule has 3 aromatic rings. The summed E-state index contributed by atoms with van der Waals surface area (Å²) in [6, 6.07) is 16.2. The minimum atomic E-state index is -3.76. The van der Waals surface area contributed by atoms with Gasteiger partial charge in [0.1, 0.15) is 5.75 Å². The Morgan fingerprint density at radius 3 is 2.03 bits per heavy atom. The van der Waals surface area contributed by atoms with Gasteiger partial charge in [0, 0.05) is 12.3 Å². The van der Waals surface area contributed by atoms with Crippen molar-refractivity contribution in [1.29, 1.82) is 0 Å². The number of hydrogen-bond acceptors (Lipinski definition) is 5. The van der Waals surface area contributed by atoms with Crippen molar-refractivity contribution in [1.82, 2.24) is 4.72 Å². The van der Waals surface area contributed by atoms with E-state index < -0.39 is 25.9 Å². The largest absolute Gasteiger partial charge is 0.497 e. The number of fused-ring (bicyclic) bond motifs is 1. The third kappa shape index (κ3) is 4.77. The Morgan fingerprint density at radius 1 is 0.862 bits per heavy atom. The van der Waals surface area contributed by atoms with Gasteiger partial charge in [-0.15, -0.1) is 0 Å². The topological polar surface area (TPSA) is 89.5 Å². The second-order valence-corrected chi connectivity index (χ2v) is 10.5. The lowest BCUT2D eigenvalue weighted by molar-refractivity contribution is 0.415. The summed E-state index contributed by atoms with van der Waals surface area (Å²) in [7, 11) is -5.49. The van der Waals surface area contributed by atoms with Gasteiger partial charge in [0.05, 0.1) is 16.9 Å². The molecule has 0 bridgehead atoms. The van der Waals surface area contributed by atoms with Gasteiger partial charge >= 0.3 is 0 Å². The number of benzene rings is 3. The van der Waals surface area contributed by atoms with Crippen LogP contribution in [0.1, 0.15) is 24.9 Å². The molecule has 0 heterocycles. The van der Waals surface area contributed by atoms with Crippen molar-refractivity contribution in [3.8, 4) is 5.75 Å². The number of methoxy groups -OCH3 is 1. The molecule has 0 aliphatic carbocycles. The van der Waals surface area contributed by atoms with Crippen LogP contribution in [0, 0.1) is 0 Å². The molecule has 0 aromatic heterocycles. The molecule has 1 N–H and O–H groups in total. The van der Waals surface area contributed by atoms with E-state index >= 15 is 0 Å². The summed E-state index contributed by atoms with van der Waals surface area (Å²) in [6.45, 7) is 1.87. The Labute approximate surface area is 171 Å². The zero-order chi connectivity index (χ0) is 21.2. The van der Waals surface area contributed by atoms with Gasteiger partial charge in [-0.2, -0.15) is 0 Å². The van der Waals surface area contributed by atoms with Crippen LogP contribution in [0.5, 0.6) is 5.75 Å². The number of sulfone groups is 1. The van der Waals surface area contributed by atoms with Gasteiger partial charge in [-0.3, -0.25) is 0 Å². The maximum Gasteiger partial charge on any atom is 0.241 e. The molecule has 8 heteroatoms. The number of hydrogen-bond donors (Lipinski definition) is 1. The van der Waals surface area contributed by atoms with Gasteiger partial charge in [0.15, 0.2) is 9.84 Å². The minimum absolute atomic E-state index is 0.168. The molecular weight excluding hydrogens is 410 g/mol. The molecule has 0 aliphatic heterocycles. The van der Waals surface area contributed by atoms with Crippen LogP contribution in [0.3, 0.4) is 0 Å². The third-order valence-electron chi connectivity index (χ3n) is 4.75. The summed E-state index contributed by atoms with van der Waals surface area (Å²) in [5.41, 5.74) is 0.703. The summed E-state index contributed by atoms with van der Waals surface area (Å²) in [4.78, 5) is 0.366. The van der Waals surface area contributed by atoms with Crippen molar-refractivity contribution in [2.45, 2.75) is 29.2 Å². The molecule has 29 heavy (non-hydrogen) atoms. The maximum atomic E-state index is 12.9. The Hall–Kier alpha value is -2.42. The van der Waals surface area contributed by atoms with E-state index in [4.69, 9.17) is 4.74 Å². The van der Waals surface area contributed by atoms with E-state index in [2.05, 4.69) is 4.72 Å². The molecule has 0 saturated heterocycles. The Balaban J connectivity index is 1.89. The molecule has 0 spiro atoms. The molecule has 0 fully saturated rings. The molecule has 1 atom stereocenters. The molecule has 3 aromatic carbocycles. The number of nitrogens with one attached hydrogen (secondary N) is 1. The molecule has 154 valence electrons. The summed E-state index contributed by atoms with van der Waals surface area (Å²) in [5, 5.41) is 1.67. The van der Waals surface area contributed by atoms with E-state index in [9.17, 15) is 16.8 Å². The fraction of sp³-hybridized carbons (Fsp3) is 0.238. The van der Waals surface area contributed by atoms with Crippen LogP contribution in [0.15, 0.2) is 70.5 Å². The molecule has 1 unspecified atom stereocenters. The van der Waals surface area contributed by atoms with Crippen molar-refractivity contribution in [3.63, 3.8) is 0 Å². The van der Waals surface area contributed by atoms with E-state index in [1.54, 1.807) is 43.5 Å².